The Bertz CT molecular complexity index is 1530. The van der Waals surface area contributed by atoms with Crippen molar-refractivity contribution in [3.05, 3.63) is 54.5 Å². The van der Waals surface area contributed by atoms with E-state index in [0.717, 1.165) is 40.8 Å². The maximum atomic E-state index is 14.1. The molecule has 10 nitrogen and oxygen atoms in total. The molecule has 0 radical (unpaired) electrons. The van der Waals surface area contributed by atoms with Crippen LogP contribution in [0.2, 0.25) is 0 Å². The van der Waals surface area contributed by atoms with Crippen molar-refractivity contribution in [2.45, 2.75) is 71.4 Å². The molecule has 0 saturated heterocycles. The van der Waals surface area contributed by atoms with Gasteiger partial charge in [0, 0.05) is 22.5 Å². The first-order chi connectivity index (χ1) is 21.3. The van der Waals surface area contributed by atoms with Crippen LogP contribution in [0.1, 0.15) is 66.0 Å². The van der Waals surface area contributed by atoms with Crippen molar-refractivity contribution in [3.63, 3.8) is 0 Å². The Balaban J connectivity index is 2.17. The van der Waals surface area contributed by atoms with Gasteiger partial charge >= 0.3 is 23.9 Å². The second-order valence-corrected chi connectivity index (χ2v) is 14.3. The van der Waals surface area contributed by atoms with E-state index >= 15 is 0 Å². The van der Waals surface area contributed by atoms with Gasteiger partial charge in [0.15, 0.2) is 0 Å². The fourth-order valence-electron chi connectivity index (χ4n) is 5.45. The van der Waals surface area contributed by atoms with Gasteiger partial charge in [-0.25, -0.2) is 19.2 Å². The van der Waals surface area contributed by atoms with Crippen molar-refractivity contribution in [2.24, 2.45) is 0 Å². The zero-order valence-corrected chi connectivity index (χ0v) is 29.1. The Morgan fingerprint density at radius 1 is 0.733 bits per heavy atom. The summed E-state index contributed by atoms with van der Waals surface area (Å²) in [6.07, 6.45) is 0.217. The van der Waals surface area contributed by atoms with Crippen LogP contribution < -0.4 is 4.90 Å². The minimum atomic E-state index is -1.60. The molecule has 1 aromatic carbocycles. The van der Waals surface area contributed by atoms with Crippen LogP contribution in [0.4, 0.5) is 5.69 Å². The average molecular weight is 676 g/mol. The van der Waals surface area contributed by atoms with E-state index in [4.69, 9.17) is 18.9 Å². The van der Waals surface area contributed by atoms with Crippen LogP contribution >= 0.6 is 35.3 Å². The van der Waals surface area contributed by atoms with Gasteiger partial charge < -0.3 is 23.8 Å². The van der Waals surface area contributed by atoms with Crippen molar-refractivity contribution in [2.75, 3.05) is 31.3 Å². The number of anilines is 1. The SMILES string of the molecule is CCOC(=O)C1=C(C(=O)OCC)SC2(S1)C(C(=O)OCC)=C(C(=O)OCC)SC1=C2c2cc(C)ccc2N(C(=O)CC)C1(C)C. The lowest BCUT2D eigenvalue weighted by molar-refractivity contribution is -0.141. The van der Waals surface area contributed by atoms with Crippen LogP contribution in [0, 0.1) is 6.92 Å². The highest BCUT2D eigenvalue weighted by atomic mass is 32.2. The number of fused-ring (bicyclic) bond motifs is 3. The molecule has 0 N–H and O–H groups in total. The Hall–Kier alpha value is -3.16. The lowest BCUT2D eigenvalue weighted by atomic mass is 9.82. The number of rotatable bonds is 9. The lowest BCUT2D eigenvalue weighted by Gasteiger charge is -2.50. The molecule has 0 bridgehead atoms. The maximum Gasteiger partial charge on any atom is 0.346 e. The van der Waals surface area contributed by atoms with E-state index in [1.165, 1.54) is 0 Å². The first-order valence-corrected chi connectivity index (χ1v) is 17.2. The van der Waals surface area contributed by atoms with Crippen molar-refractivity contribution >= 4 is 76.3 Å². The third-order valence-electron chi connectivity index (χ3n) is 7.21. The molecule has 45 heavy (non-hydrogen) atoms. The first kappa shape index (κ1) is 34.7. The molecule has 242 valence electrons. The molecule has 3 heterocycles. The molecule has 3 aliphatic rings. The van der Waals surface area contributed by atoms with Crippen molar-refractivity contribution in [1.82, 2.24) is 0 Å². The summed E-state index contributed by atoms with van der Waals surface area (Å²) in [5, 5.41) is 0. The van der Waals surface area contributed by atoms with Gasteiger partial charge in [-0.3, -0.25) is 4.79 Å². The number of aryl methyl sites for hydroxylation is 1. The van der Waals surface area contributed by atoms with Gasteiger partial charge in [-0.2, -0.15) is 0 Å². The van der Waals surface area contributed by atoms with E-state index in [-0.39, 0.29) is 59.0 Å². The molecule has 1 amide bonds. The van der Waals surface area contributed by atoms with Gasteiger partial charge in [0.25, 0.3) is 0 Å². The van der Waals surface area contributed by atoms with Crippen LogP contribution in [0.5, 0.6) is 0 Å². The molecule has 0 unspecified atom stereocenters. The van der Waals surface area contributed by atoms with Gasteiger partial charge in [0.05, 0.1) is 43.2 Å². The lowest BCUT2D eigenvalue weighted by Crippen LogP contribution is -2.53. The summed E-state index contributed by atoms with van der Waals surface area (Å²) in [6.45, 7) is 14.1. The highest BCUT2D eigenvalue weighted by Gasteiger charge is 2.61. The highest BCUT2D eigenvalue weighted by molar-refractivity contribution is 8.26. The predicted molar refractivity (Wildman–Crippen MR) is 176 cm³/mol. The zero-order chi connectivity index (χ0) is 33.3. The molecule has 0 aromatic heterocycles. The third kappa shape index (κ3) is 5.94. The first-order valence-electron chi connectivity index (χ1n) is 14.8. The van der Waals surface area contributed by atoms with Crippen LogP contribution in [0.3, 0.4) is 0 Å². The van der Waals surface area contributed by atoms with E-state index in [2.05, 4.69) is 0 Å². The number of benzene rings is 1. The summed E-state index contributed by atoms with van der Waals surface area (Å²) in [7, 11) is 0. The molecule has 13 heteroatoms. The second-order valence-electron chi connectivity index (χ2n) is 10.5. The Kier molecular flexibility index (Phi) is 10.6. The number of hydrogen-bond donors (Lipinski definition) is 0. The quantitative estimate of drug-likeness (QED) is 0.229. The minimum Gasteiger partial charge on any atom is -0.463 e. The van der Waals surface area contributed by atoms with E-state index in [0.29, 0.717) is 21.7 Å². The Morgan fingerprint density at radius 2 is 1.22 bits per heavy atom. The standard InChI is InChI=1S/C32H37NO9S3/c1-9-20(34)33-19-15-14-17(6)16-18(19)21-26(31(33,7)8)43-23(28(36)40-11-3)22(27(35)39-10-2)32(21)44-24(29(37)41-12-4)25(45-32)30(38)42-13-5/h14-16H,9-13H2,1-8H3. The number of hydrogen-bond acceptors (Lipinski definition) is 12. The van der Waals surface area contributed by atoms with Crippen molar-refractivity contribution in [1.29, 1.82) is 0 Å². The van der Waals surface area contributed by atoms with Gasteiger partial charge in [-0.15, -0.1) is 0 Å². The minimum absolute atomic E-state index is 0.00326. The molecular formula is C32H37NO9S3. The van der Waals surface area contributed by atoms with E-state index in [1.807, 2.05) is 39.0 Å². The van der Waals surface area contributed by atoms with Gasteiger partial charge in [0.2, 0.25) is 5.91 Å². The number of ether oxygens (including phenoxy) is 4. The van der Waals surface area contributed by atoms with Crippen LogP contribution in [-0.4, -0.2) is 65.8 Å². The van der Waals surface area contributed by atoms with Gasteiger partial charge in [-0.1, -0.05) is 53.8 Å². The molecule has 1 aromatic rings. The second kappa shape index (κ2) is 13.7. The number of nitrogens with zero attached hydrogens (tertiary/aromatic N) is 1. The largest absolute Gasteiger partial charge is 0.463 e. The third-order valence-corrected chi connectivity index (χ3v) is 11.9. The summed E-state index contributed by atoms with van der Waals surface area (Å²) in [5.41, 5.74) is 1.57. The van der Waals surface area contributed by atoms with Crippen molar-refractivity contribution in [3.8, 4) is 0 Å². The predicted octanol–water partition coefficient (Wildman–Crippen LogP) is 5.88. The normalized spacial score (nSPS) is 18.0. The average Bonchev–Trinajstić information content (AvgIpc) is 3.38. The van der Waals surface area contributed by atoms with Crippen LogP contribution in [-0.2, 0) is 42.9 Å². The fraction of sp³-hybridized carbons (Fsp3) is 0.469. The molecule has 0 atom stereocenters. The monoisotopic (exact) mass is 675 g/mol. The van der Waals surface area contributed by atoms with Gasteiger partial charge in [-0.05, 0) is 60.6 Å². The van der Waals surface area contributed by atoms with E-state index in [1.54, 1.807) is 39.5 Å². The van der Waals surface area contributed by atoms with Crippen LogP contribution in [0.15, 0.2) is 43.4 Å². The summed E-state index contributed by atoms with van der Waals surface area (Å²) in [6, 6.07) is 5.66. The van der Waals surface area contributed by atoms with E-state index in [9.17, 15) is 24.0 Å². The van der Waals surface area contributed by atoms with Crippen LogP contribution in [0.25, 0.3) is 5.57 Å². The van der Waals surface area contributed by atoms with Crippen molar-refractivity contribution < 1.29 is 42.9 Å². The maximum absolute atomic E-state index is 14.1. The zero-order valence-electron chi connectivity index (χ0n) is 26.6. The van der Waals surface area contributed by atoms with E-state index < -0.39 is 33.5 Å². The Labute approximate surface area is 275 Å². The molecular weight excluding hydrogens is 639 g/mol. The summed E-state index contributed by atoms with van der Waals surface area (Å²) >= 11 is 2.93. The Morgan fingerprint density at radius 3 is 1.71 bits per heavy atom. The number of amides is 1. The molecule has 0 fully saturated rings. The smallest absolute Gasteiger partial charge is 0.346 e. The fourth-order valence-corrected chi connectivity index (χ4v) is 10.4. The van der Waals surface area contributed by atoms with Gasteiger partial charge in [0.1, 0.15) is 18.8 Å². The molecule has 0 aliphatic carbocycles. The summed E-state index contributed by atoms with van der Waals surface area (Å²) in [5.74, 6) is -3.24. The number of thioether (sulfide) groups is 3. The highest BCUT2D eigenvalue weighted by Crippen LogP contribution is 2.71. The molecule has 3 aliphatic heterocycles. The molecule has 1 spiro atoms. The summed E-state index contributed by atoms with van der Waals surface area (Å²) in [4.78, 5) is 70.4. The molecule has 0 saturated carbocycles. The number of esters is 4. The number of carbonyl (C=O) groups is 5. The topological polar surface area (TPSA) is 126 Å². The number of carbonyl (C=O) groups excluding carboxylic acids is 5. The molecule has 4 rings (SSSR count). The summed E-state index contributed by atoms with van der Waals surface area (Å²) < 4.78 is 20.1.